The van der Waals surface area contributed by atoms with E-state index >= 15 is 0 Å². The second-order valence-electron chi connectivity index (χ2n) is 3.76. The van der Waals surface area contributed by atoms with E-state index < -0.39 is 0 Å². The Balaban J connectivity index is 2.41. The van der Waals surface area contributed by atoms with Gasteiger partial charge in [0.15, 0.2) is 0 Å². The van der Waals surface area contributed by atoms with Gasteiger partial charge in [-0.25, -0.2) is 15.1 Å². The Morgan fingerprint density at radius 3 is 2.89 bits per heavy atom. The summed E-state index contributed by atoms with van der Waals surface area (Å²) < 4.78 is 0. The number of H-pyrrole nitrogens is 1. The second-order valence-corrected chi connectivity index (χ2v) is 3.76. The number of aromatic nitrogens is 4. The van der Waals surface area contributed by atoms with E-state index in [1.54, 1.807) is 18.3 Å². The van der Waals surface area contributed by atoms with E-state index in [2.05, 4.69) is 25.5 Å². The van der Waals surface area contributed by atoms with Crippen LogP contribution in [0.1, 0.15) is 19.4 Å². The fourth-order valence-electron chi connectivity index (χ4n) is 1.58. The third-order valence-corrected chi connectivity index (χ3v) is 2.51. The minimum atomic E-state index is -0.151. The molecule has 0 aromatic carbocycles. The zero-order valence-electron chi connectivity index (χ0n) is 10.4. The van der Waals surface area contributed by atoms with Crippen LogP contribution < -0.4 is 10.9 Å². The van der Waals surface area contributed by atoms with Crippen molar-refractivity contribution in [3.63, 3.8) is 0 Å². The summed E-state index contributed by atoms with van der Waals surface area (Å²) in [6, 6.07) is 3.53. The Labute approximate surface area is 105 Å². The molecule has 0 amide bonds. The standard InChI is InChI=1S/C12H15N5O/c1-3-8-7-10(16-17-11(8)18)9-5-6-14-12(15-9)13-4-2/h5-7H,3-4H2,1-2H3,(H,17,18)(H,13,14,15). The quantitative estimate of drug-likeness (QED) is 0.846. The lowest BCUT2D eigenvalue weighted by molar-refractivity contribution is 0.938. The van der Waals surface area contributed by atoms with Crippen LogP contribution in [0.3, 0.4) is 0 Å². The third-order valence-electron chi connectivity index (χ3n) is 2.51. The highest BCUT2D eigenvalue weighted by Gasteiger charge is 2.06. The van der Waals surface area contributed by atoms with Gasteiger partial charge in [-0.2, -0.15) is 5.10 Å². The first-order valence-electron chi connectivity index (χ1n) is 5.90. The van der Waals surface area contributed by atoms with Crippen molar-refractivity contribution in [3.05, 3.63) is 34.2 Å². The molecule has 2 rings (SSSR count). The minimum absolute atomic E-state index is 0.151. The number of aryl methyl sites for hydroxylation is 1. The molecule has 6 nitrogen and oxygen atoms in total. The lowest BCUT2D eigenvalue weighted by Gasteiger charge is -2.04. The molecule has 0 atom stereocenters. The van der Waals surface area contributed by atoms with Crippen molar-refractivity contribution >= 4 is 5.95 Å². The summed E-state index contributed by atoms with van der Waals surface area (Å²) in [5.41, 5.74) is 1.88. The molecule has 2 heterocycles. The second kappa shape index (κ2) is 5.39. The van der Waals surface area contributed by atoms with Crippen LogP contribution in [0.2, 0.25) is 0 Å². The number of rotatable bonds is 4. The monoisotopic (exact) mass is 245 g/mol. The molecule has 6 heteroatoms. The molecule has 94 valence electrons. The van der Waals surface area contributed by atoms with Crippen molar-refractivity contribution in [1.29, 1.82) is 0 Å². The number of hydrogen-bond donors (Lipinski definition) is 2. The largest absolute Gasteiger partial charge is 0.354 e. The highest BCUT2D eigenvalue weighted by Crippen LogP contribution is 2.14. The summed E-state index contributed by atoms with van der Waals surface area (Å²) in [6.07, 6.45) is 2.33. The zero-order valence-corrected chi connectivity index (χ0v) is 10.4. The van der Waals surface area contributed by atoms with E-state index in [1.165, 1.54) is 0 Å². The van der Waals surface area contributed by atoms with Gasteiger partial charge in [0.2, 0.25) is 5.95 Å². The van der Waals surface area contributed by atoms with Crippen molar-refractivity contribution in [2.45, 2.75) is 20.3 Å². The van der Waals surface area contributed by atoms with Crippen LogP contribution in [0.15, 0.2) is 23.1 Å². The van der Waals surface area contributed by atoms with Crippen molar-refractivity contribution < 1.29 is 0 Å². The fraction of sp³-hybridized carbons (Fsp3) is 0.333. The van der Waals surface area contributed by atoms with Gasteiger partial charge in [-0.3, -0.25) is 4.79 Å². The van der Waals surface area contributed by atoms with E-state index in [-0.39, 0.29) is 5.56 Å². The van der Waals surface area contributed by atoms with Crippen molar-refractivity contribution in [2.24, 2.45) is 0 Å². The average molecular weight is 245 g/mol. The Kier molecular flexibility index (Phi) is 3.66. The number of nitrogens with one attached hydrogen (secondary N) is 2. The molecule has 18 heavy (non-hydrogen) atoms. The third kappa shape index (κ3) is 2.53. The van der Waals surface area contributed by atoms with Crippen LogP contribution in [0.4, 0.5) is 5.95 Å². The Morgan fingerprint density at radius 2 is 2.17 bits per heavy atom. The number of hydrogen-bond acceptors (Lipinski definition) is 5. The number of anilines is 1. The molecule has 0 saturated heterocycles. The highest BCUT2D eigenvalue weighted by molar-refractivity contribution is 5.55. The topological polar surface area (TPSA) is 83.6 Å². The highest BCUT2D eigenvalue weighted by atomic mass is 16.1. The molecule has 0 aliphatic rings. The summed E-state index contributed by atoms with van der Waals surface area (Å²) in [5.74, 6) is 0.557. The van der Waals surface area contributed by atoms with Crippen LogP contribution in [0, 0.1) is 0 Å². The fourth-order valence-corrected chi connectivity index (χ4v) is 1.58. The molecule has 0 saturated carbocycles. The molecular formula is C12H15N5O. The van der Waals surface area contributed by atoms with Crippen LogP contribution in [0.5, 0.6) is 0 Å². The van der Waals surface area contributed by atoms with Crippen molar-refractivity contribution in [2.75, 3.05) is 11.9 Å². The molecular weight excluding hydrogens is 230 g/mol. The summed E-state index contributed by atoms with van der Waals surface area (Å²) >= 11 is 0. The molecule has 2 aromatic rings. The van der Waals surface area contributed by atoms with Gasteiger partial charge in [0.25, 0.3) is 5.56 Å². The van der Waals surface area contributed by atoms with E-state index in [1.807, 2.05) is 13.8 Å². The van der Waals surface area contributed by atoms with Crippen molar-refractivity contribution in [3.8, 4) is 11.4 Å². The van der Waals surface area contributed by atoms with Gasteiger partial charge in [0.05, 0.1) is 5.69 Å². The van der Waals surface area contributed by atoms with Gasteiger partial charge in [0, 0.05) is 18.3 Å². The SMILES string of the molecule is CCNc1nccc(-c2cc(CC)c(=O)[nH]n2)n1. The summed E-state index contributed by atoms with van der Waals surface area (Å²) in [4.78, 5) is 19.9. The van der Waals surface area contributed by atoms with Gasteiger partial charge in [-0.15, -0.1) is 0 Å². The molecule has 0 aliphatic heterocycles. The first-order chi connectivity index (χ1) is 8.74. The zero-order chi connectivity index (χ0) is 13.0. The normalized spacial score (nSPS) is 10.3. The molecule has 0 fully saturated rings. The van der Waals surface area contributed by atoms with Gasteiger partial charge < -0.3 is 5.32 Å². The summed E-state index contributed by atoms with van der Waals surface area (Å²) in [7, 11) is 0. The summed E-state index contributed by atoms with van der Waals surface area (Å²) in [5, 5.41) is 9.52. The molecule has 2 N–H and O–H groups in total. The molecule has 0 radical (unpaired) electrons. The van der Waals surface area contributed by atoms with Crippen molar-refractivity contribution in [1.82, 2.24) is 20.2 Å². The molecule has 0 unspecified atom stereocenters. The minimum Gasteiger partial charge on any atom is -0.354 e. The van der Waals surface area contributed by atoms with Crippen LogP contribution in [-0.4, -0.2) is 26.7 Å². The molecule has 0 bridgehead atoms. The smallest absolute Gasteiger partial charge is 0.267 e. The molecule has 0 spiro atoms. The van der Waals surface area contributed by atoms with E-state index in [0.717, 1.165) is 6.54 Å². The van der Waals surface area contributed by atoms with E-state index in [0.29, 0.717) is 29.3 Å². The van der Waals surface area contributed by atoms with Gasteiger partial charge in [-0.05, 0) is 25.5 Å². The van der Waals surface area contributed by atoms with Crippen LogP contribution in [-0.2, 0) is 6.42 Å². The summed E-state index contributed by atoms with van der Waals surface area (Å²) in [6.45, 7) is 4.66. The Hall–Kier alpha value is -2.24. The predicted molar refractivity (Wildman–Crippen MR) is 69.4 cm³/mol. The predicted octanol–water partition coefficient (Wildman–Crippen LogP) is 1.22. The lowest BCUT2D eigenvalue weighted by atomic mass is 10.2. The van der Waals surface area contributed by atoms with E-state index in [4.69, 9.17) is 0 Å². The maximum absolute atomic E-state index is 11.4. The first-order valence-corrected chi connectivity index (χ1v) is 5.90. The maximum atomic E-state index is 11.4. The van der Waals surface area contributed by atoms with Crippen LogP contribution in [0.25, 0.3) is 11.4 Å². The van der Waals surface area contributed by atoms with Crippen LogP contribution >= 0.6 is 0 Å². The Morgan fingerprint density at radius 1 is 1.33 bits per heavy atom. The lowest BCUT2D eigenvalue weighted by Crippen LogP contribution is -2.14. The van der Waals surface area contributed by atoms with Gasteiger partial charge >= 0.3 is 0 Å². The van der Waals surface area contributed by atoms with Gasteiger partial charge in [0.1, 0.15) is 5.69 Å². The van der Waals surface area contributed by atoms with E-state index in [9.17, 15) is 4.79 Å². The number of aromatic amines is 1. The number of nitrogens with zero attached hydrogens (tertiary/aromatic N) is 3. The molecule has 0 aliphatic carbocycles. The first kappa shape index (κ1) is 12.2. The van der Waals surface area contributed by atoms with Gasteiger partial charge in [-0.1, -0.05) is 6.92 Å². The average Bonchev–Trinajstić information content (AvgIpc) is 2.40. The molecule has 2 aromatic heterocycles. The maximum Gasteiger partial charge on any atom is 0.267 e. The Bertz CT molecular complexity index is 593.